The maximum absolute atomic E-state index is 2.63. The molecule has 1 fully saturated rings. The number of anilines is 6. The van der Waals surface area contributed by atoms with Crippen LogP contribution in [0, 0.1) is 11.8 Å². The van der Waals surface area contributed by atoms with E-state index in [9.17, 15) is 0 Å². The fourth-order valence-corrected chi connectivity index (χ4v) is 14.2. The highest BCUT2D eigenvalue weighted by molar-refractivity contribution is 6.11. The molecule has 74 heavy (non-hydrogen) atoms. The Kier molecular flexibility index (Phi) is 9.88. The van der Waals surface area contributed by atoms with Crippen molar-refractivity contribution in [3.8, 4) is 27.9 Å². The van der Waals surface area contributed by atoms with Gasteiger partial charge in [0.05, 0.1) is 28.1 Å². The summed E-state index contributed by atoms with van der Waals surface area (Å²) in [4.78, 5) is 5.22. The van der Waals surface area contributed by atoms with E-state index in [1.165, 1.54) is 107 Å². The third-order valence-electron chi connectivity index (χ3n) is 17.0. The van der Waals surface area contributed by atoms with Gasteiger partial charge in [0.1, 0.15) is 0 Å². The minimum absolute atomic E-state index is 0.213. The third-order valence-corrected chi connectivity index (χ3v) is 17.0. The summed E-state index contributed by atoms with van der Waals surface area (Å²) < 4.78 is 2.45. The lowest BCUT2D eigenvalue weighted by molar-refractivity contribution is 0.350. The Bertz CT molecular complexity index is 4080. The van der Waals surface area contributed by atoms with Crippen LogP contribution < -0.4 is 9.80 Å². The van der Waals surface area contributed by atoms with Gasteiger partial charge in [-0.3, -0.25) is 0 Å². The number of nitrogens with zero attached hydrogens (tertiary/aromatic N) is 3. The quantitative estimate of drug-likeness (QED) is 0.143. The molecule has 1 aromatic heterocycles. The molecule has 1 spiro atoms. The molecule has 11 aromatic carbocycles. The molecule has 12 aromatic rings. The zero-order valence-electron chi connectivity index (χ0n) is 41.2. The Hall–Kier alpha value is -8.92. The normalized spacial score (nSPS) is 17.3. The van der Waals surface area contributed by atoms with Crippen molar-refractivity contribution < 1.29 is 0 Å². The van der Waals surface area contributed by atoms with E-state index >= 15 is 0 Å². The SMILES string of the molecule is c1ccc(-c2ccc(-c3c(N(c4ccccc4)c4cccc5c4C46c7c(cccc7N(c7ccccc7)c7ccc8c9ccccc9n(-c9ccccc9)c8c7)CC4CCC6C5)ccc4ccccc34)cc2)cc1. The summed E-state index contributed by atoms with van der Waals surface area (Å²) in [7, 11) is 0. The van der Waals surface area contributed by atoms with Crippen molar-refractivity contribution in [1.29, 1.82) is 0 Å². The Morgan fingerprint density at radius 3 is 1.55 bits per heavy atom. The van der Waals surface area contributed by atoms with Gasteiger partial charge in [-0.2, -0.15) is 0 Å². The van der Waals surface area contributed by atoms with Crippen molar-refractivity contribution >= 4 is 66.7 Å². The van der Waals surface area contributed by atoms with Crippen molar-refractivity contribution in [2.24, 2.45) is 11.8 Å². The first kappa shape index (κ1) is 42.7. The number of fused-ring (bicyclic) bond motifs is 6. The molecular formula is C71H53N3. The summed E-state index contributed by atoms with van der Waals surface area (Å²) in [6.07, 6.45) is 4.55. The maximum atomic E-state index is 2.63. The molecule has 1 heterocycles. The number of aromatic nitrogens is 1. The van der Waals surface area contributed by atoms with Gasteiger partial charge in [-0.05, 0) is 160 Å². The van der Waals surface area contributed by atoms with Crippen LogP contribution in [0.15, 0.2) is 261 Å². The molecule has 0 saturated heterocycles. The summed E-state index contributed by atoms with van der Waals surface area (Å²) in [5, 5.41) is 5.00. The fourth-order valence-electron chi connectivity index (χ4n) is 14.2. The summed E-state index contributed by atoms with van der Waals surface area (Å²) >= 11 is 0. The molecular weight excluding hydrogens is 895 g/mol. The highest BCUT2D eigenvalue weighted by atomic mass is 15.2. The minimum atomic E-state index is -0.213. The van der Waals surface area contributed by atoms with Crippen LogP contribution in [0.4, 0.5) is 34.1 Å². The number of hydrogen-bond donors (Lipinski definition) is 0. The molecule has 0 aliphatic heterocycles. The molecule has 3 aliphatic carbocycles. The molecule has 3 nitrogen and oxygen atoms in total. The van der Waals surface area contributed by atoms with Crippen molar-refractivity contribution in [3.63, 3.8) is 0 Å². The van der Waals surface area contributed by atoms with Crippen molar-refractivity contribution in [2.75, 3.05) is 9.80 Å². The standard InChI is InChI=1S/C71H53N3/c1-5-19-48(20-6-1)49-35-37-51(38-36-49)68-60-30-14-13-21-50(60)39-44-64(68)74(58-28-11-4-12-29-58)66-34-18-23-53-46-55-41-40-54-45-52-22-17-33-65(69(52)71(54,55)70(53)66)72(56-24-7-2-8-25-56)59-42-43-62-61-31-15-16-32-63(61)73(67(62)47-59)57-26-9-3-10-27-57/h1-39,42-44,47,54-55H,40-41,45-46H2. The second-order valence-electron chi connectivity index (χ2n) is 20.7. The van der Waals surface area contributed by atoms with E-state index in [0.717, 1.165) is 35.6 Å². The van der Waals surface area contributed by atoms with Gasteiger partial charge in [0.15, 0.2) is 0 Å². The highest BCUT2D eigenvalue weighted by Crippen LogP contribution is 2.69. The summed E-state index contributed by atoms with van der Waals surface area (Å²) in [5.41, 5.74) is 21.4. The molecule has 0 N–H and O–H groups in total. The predicted molar refractivity (Wildman–Crippen MR) is 309 cm³/mol. The van der Waals surface area contributed by atoms with Gasteiger partial charge in [0, 0.05) is 44.5 Å². The monoisotopic (exact) mass is 947 g/mol. The van der Waals surface area contributed by atoms with Crippen LogP contribution in [0.3, 0.4) is 0 Å². The van der Waals surface area contributed by atoms with Crippen LogP contribution in [0.1, 0.15) is 35.1 Å². The van der Waals surface area contributed by atoms with Crippen LogP contribution >= 0.6 is 0 Å². The maximum Gasteiger partial charge on any atom is 0.0561 e. The van der Waals surface area contributed by atoms with Gasteiger partial charge < -0.3 is 14.4 Å². The molecule has 3 heteroatoms. The Balaban J connectivity index is 0.965. The lowest BCUT2D eigenvalue weighted by Crippen LogP contribution is -2.34. The topological polar surface area (TPSA) is 11.4 Å². The molecule has 1 saturated carbocycles. The first-order valence-electron chi connectivity index (χ1n) is 26.4. The zero-order valence-corrected chi connectivity index (χ0v) is 41.2. The average molecular weight is 948 g/mol. The van der Waals surface area contributed by atoms with Gasteiger partial charge in [0.2, 0.25) is 0 Å². The van der Waals surface area contributed by atoms with E-state index in [-0.39, 0.29) is 5.41 Å². The van der Waals surface area contributed by atoms with Gasteiger partial charge in [-0.15, -0.1) is 0 Å². The third kappa shape index (κ3) is 6.45. The van der Waals surface area contributed by atoms with E-state index in [4.69, 9.17) is 0 Å². The lowest BCUT2D eigenvalue weighted by atomic mass is 9.68. The fraction of sp³-hybridized carbons (Fsp3) is 0.0986. The molecule has 0 radical (unpaired) electrons. The Morgan fingerprint density at radius 2 is 0.878 bits per heavy atom. The van der Waals surface area contributed by atoms with Crippen LogP contribution in [-0.4, -0.2) is 4.57 Å². The second-order valence-corrected chi connectivity index (χ2v) is 20.7. The Labute approximate surface area is 432 Å². The second kappa shape index (κ2) is 17.1. The molecule has 3 unspecified atom stereocenters. The summed E-state index contributed by atoms with van der Waals surface area (Å²) in [6, 6.07) is 97.3. The number of rotatable bonds is 9. The molecule has 0 bridgehead atoms. The minimum Gasteiger partial charge on any atom is -0.310 e. The van der Waals surface area contributed by atoms with Crippen LogP contribution in [0.5, 0.6) is 0 Å². The van der Waals surface area contributed by atoms with Crippen molar-refractivity contribution in [1.82, 2.24) is 4.57 Å². The summed E-state index contributed by atoms with van der Waals surface area (Å²) in [5.74, 6) is 0.928. The van der Waals surface area contributed by atoms with E-state index in [1.807, 2.05) is 0 Å². The van der Waals surface area contributed by atoms with Crippen LogP contribution in [0.2, 0.25) is 0 Å². The van der Waals surface area contributed by atoms with Crippen molar-refractivity contribution in [2.45, 2.75) is 31.1 Å². The number of para-hydroxylation sites is 4. The largest absolute Gasteiger partial charge is 0.310 e. The lowest BCUT2D eigenvalue weighted by Gasteiger charge is -2.40. The van der Waals surface area contributed by atoms with E-state index in [1.54, 1.807) is 0 Å². The van der Waals surface area contributed by atoms with Gasteiger partial charge >= 0.3 is 0 Å². The zero-order chi connectivity index (χ0) is 48.7. The molecule has 3 aliphatic rings. The van der Waals surface area contributed by atoms with Crippen LogP contribution in [-0.2, 0) is 18.3 Å². The van der Waals surface area contributed by atoms with Gasteiger partial charge in [-0.1, -0.05) is 188 Å². The van der Waals surface area contributed by atoms with Gasteiger partial charge in [-0.25, -0.2) is 0 Å². The molecule has 0 amide bonds. The average Bonchev–Trinajstić information content (AvgIpc) is 4.32. The smallest absolute Gasteiger partial charge is 0.0561 e. The molecule has 15 rings (SSSR count). The summed E-state index contributed by atoms with van der Waals surface area (Å²) in [6.45, 7) is 0. The molecule has 3 atom stereocenters. The van der Waals surface area contributed by atoms with Gasteiger partial charge in [0.25, 0.3) is 0 Å². The highest BCUT2D eigenvalue weighted by Gasteiger charge is 2.62. The Morgan fingerprint density at radius 1 is 0.351 bits per heavy atom. The first-order chi connectivity index (χ1) is 36.7. The predicted octanol–water partition coefficient (Wildman–Crippen LogP) is 18.6. The number of benzene rings is 11. The van der Waals surface area contributed by atoms with E-state index in [0.29, 0.717) is 11.8 Å². The van der Waals surface area contributed by atoms with E-state index < -0.39 is 0 Å². The van der Waals surface area contributed by atoms with Crippen LogP contribution in [0.25, 0.3) is 60.5 Å². The first-order valence-corrected chi connectivity index (χ1v) is 26.4. The molecule has 352 valence electrons. The number of hydrogen-bond acceptors (Lipinski definition) is 2. The van der Waals surface area contributed by atoms with Crippen molar-refractivity contribution in [3.05, 3.63) is 283 Å². The van der Waals surface area contributed by atoms with E-state index in [2.05, 4.69) is 275 Å².